The number of piperidine rings is 1. The fourth-order valence-electron chi connectivity index (χ4n) is 3.39. The number of amides is 1. The van der Waals surface area contributed by atoms with Gasteiger partial charge in [0.25, 0.3) is 5.91 Å². The first kappa shape index (κ1) is 14.1. The summed E-state index contributed by atoms with van der Waals surface area (Å²) in [6, 6.07) is 0.836. The van der Waals surface area contributed by atoms with E-state index in [1.807, 2.05) is 0 Å². The Morgan fingerprint density at radius 1 is 1.40 bits per heavy atom. The summed E-state index contributed by atoms with van der Waals surface area (Å²) in [5.74, 6) is 0.915. The van der Waals surface area contributed by atoms with Gasteiger partial charge in [0.05, 0.1) is 5.56 Å². The molecule has 2 heterocycles. The van der Waals surface area contributed by atoms with E-state index in [9.17, 15) is 4.79 Å². The van der Waals surface area contributed by atoms with Crippen molar-refractivity contribution in [2.75, 3.05) is 6.54 Å². The Hall–Kier alpha value is -0.870. The molecule has 20 heavy (non-hydrogen) atoms. The summed E-state index contributed by atoms with van der Waals surface area (Å²) < 4.78 is 0. The van der Waals surface area contributed by atoms with Gasteiger partial charge in [-0.15, -0.1) is 11.3 Å². The summed E-state index contributed by atoms with van der Waals surface area (Å²) in [5, 5.41) is 8.74. The molecule has 0 spiro atoms. The molecule has 0 bridgehead atoms. The first-order chi connectivity index (χ1) is 9.63. The topological polar surface area (TPSA) is 41.1 Å². The Morgan fingerprint density at radius 3 is 3.05 bits per heavy atom. The third-order valence-electron chi connectivity index (χ3n) is 4.61. The second kappa shape index (κ2) is 5.86. The van der Waals surface area contributed by atoms with Gasteiger partial charge in [-0.2, -0.15) is 0 Å². The highest BCUT2D eigenvalue weighted by Crippen LogP contribution is 2.32. The van der Waals surface area contributed by atoms with Gasteiger partial charge in [0.15, 0.2) is 0 Å². The van der Waals surface area contributed by atoms with Crippen LogP contribution in [0.3, 0.4) is 0 Å². The van der Waals surface area contributed by atoms with Crippen LogP contribution < -0.4 is 10.6 Å². The molecule has 3 atom stereocenters. The zero-order valence-electron chi connectivity index (χ0n) is 12.4. The van der Waals surface area contributed by atoms with E-state index in [0.717, 1.165) is 43.7 Å². The van der Waals surface area contributed by atoms with E-state index in [0.29, 0.717) is 12.1 Å². The van der Waals surface area contributed by atoms with Crippen molar-refractivity contribution in [3.05, 3.63) is 21.4 Å². The van der Waals surface area contributed by atoms with Gasteiger partial charge in [-0.1, -0.05) is 6.92 Å². The lowest BCUT2D eigenvalue weighted by atomic mass is 9.88. The fourth-order valence-corrected chi connectivity index (χ4v) is 4.64. The molecule has 2 N–H and O–H groups in total. The minimum Gasteiger partial charge on any atom is -0.349 e. The molecule has 0 radical (unpaired) electrons. The van der Waals surface area contributed by atoms with Crippen molar-refractivity contribution >= 4 is 17.2 Å². The SMILES string of the molecule is CC1CCc2c(C(=O)NC3CCNC(C)C3)csc2C1. The molecular formula is C16H24N2OS. The maximum Gasteiger partial charge on any atom is 0.252 e. The van der Waals surface area contributed by atoms with Crippen LogP contribution in [0.25, 0.3) is 0 Å². The molecule has 1 fully saturated rings. The molecule has 1 aromatic heterocycles. The second-order valence-corrected chi connectivity index (χ2v) is 7.41. The maximum absolute atomic E-state index is 12.5. The standard InChI is InChI=1S/C16H24N2OS/c1-10-3-4-13-14(9-20-15(13)7-10)16(19)18-12-5-6-17-11(2)8-12/h9-12,17H,3-8H2,1-2H3,(H,18,19). The van der Waals surface area contributed by atoms with Crippen LogP contribution in [0.2, 0.25) is 0 Å². The lowest BCUT2D eigenvalue weighted by Gasteiger charge is -2.28. The highest BCUT2D eigenvalue weighted by molar-refractivity contribution is 7.10. The largest absolute Gasteiger partial charge is 0.349 e. The van der Waals surface area contributed by atoms with Crippen molar-refractivity contribution < 1.29 is 4.79 Å². The number of hydrogen-bond acceptors (Lipinski definition) is 3. The van der Waals surface area contributed by atoms with Crippen LogP contribution in [-0.4, -0.2) is 24.5 Å². The third-order valence-corrected chi connectivity index (χ3v) is 5.66. The molecule has 3 unspecified atom stereocenters. The van der Waals surface area contributed by atoms with Crippen LogP contribution >= 0.6 is 11.3 Å². The van der Waals surface area contributed by atoms with E-state index in [4.69, 9.17) is 0 Å². The summed E-state index contributed by atoms with van der Waals surface area (Å²) in [6.45, 7) is 5.50. The highest BCUT2D eigenvalue weighted by atomic mass is 32.1. The summed E-state index contributed by atoms with van der Waals surface area (Å²) in [7, 11) is 0. The van der Waals surface area contributed by atoms with Crippen molar-refractivity contribution in [3.8, 4) is 0 Å². The van der Waals surface area contributed by atoms with Crippen LogP contribution in [0.15, 0.2) is 5.38 Å². The van der Waals surface area contributed by atoms with Crippen molar-refractivity contribution in [2.45, 2.75) is 58.0 Å². The molecule has 110 valence electrons. The average molecular weight is 292 g/mol. The average Bonchev–Trinajstić information content (AvgIpc) is 2.81. The quantitative estimate of drug-likeness (QED) is 0.880. The van der Waals surface area contributed by atoms with Crippen LogP contribution in [0.1, 0.15) is 53.9 Å². The summed E-state index contributed by atoms with van der Waals surface area (Å²) in [6.07, 6.45) is 5.52. The molecular weight excluding hydrogens is 268 g/mol. The predicted octanol–water partition coefficient (Wildman–Crippen LogP) is 2.74. The number of carbonyl (C=O) groups is 1. The van der Waals surface area contributed by atoms with Crippen LogP contribution in [0.4, 0.5) is 0 Å². The van der Waals surface area contributed by atoms with Crippen molar-refractivity contribution in [1.82, 2.24) is 10.6 Å². The Kier molecular flexibility index (Phi) is 4.13. The zero-order valence-corrected chi connectivity index (χ0v) is 13.2. The Bertz CT molecular complexity index is 497. The monoisotopic (exact) mass is 292 g/mol. The van der Waals surface area contributed by atoms with Crippen LogP contribution in [0.5, 0.6) is 0 Å². The minimum absolute atomic E-state index is 0.149. The van der Waals surface area contributed by atoms with E-state index >= 15 is 0 Å². The third kappa shape index (κ3) is 2.91. The van der Waals surface area contributed by atoms with Crippen LogP contribution in [-0.2, 0) is 12.8 Å². The smallest absolute Gasteiger partial charge is 0.252 e. The molecule has 1 aliphatic heterocycles. The first-order valence-corrected chi connectivity index (χ1v) is 8.65. The lowest BCUT2D eigenvalue weighted by molar-refractivity contribution is 0.0925. The highest BCUT2D eigenvalue weighted by Gasteiger charge is 2.25. The molecule has 0 aromatic carbocycles. The van der Waals surface area contributed by atoms with Gasteiger partial charge in [0.1, 0.15) is 0 Å². The van der Waals surface area contributed by atoms with Gasteiger partial charge in [-0.25, -0.2) is 0 Å². The molecule has 0 saturated carbocycles. The molecule has 3 nitrogen and oxygen atoms in total. The molecule has 1 saturated heterocycles. The molecule has 4 heteroatoms. The van der Waals surface area contributed by atoms with Gasteiger partial charge in [-0.3, -0.25) is 4.79 Å². The van der Waals surface area contributed by atoms with E-state index in [-0.39, 0.29) is 5.91 Å². The summed E-state index contributed by atoms with van der Waals surface area (Å²) in [4.78, 5) is 13.9. The van der Waals surface area contributed by atoms with Gasteiger partial charge >= 0.3 is 0 Å². The fraction of sp³-hybridized carbons (Fsp3) is 0.688. The molecule has 1 aliphatic carbocycles. The summed E-state index contributed by atoms with van der Waals surface area (Å²) >= 11 is 1.77. The molecule has 1 amide bonds. The number of hydrogen-bond donors (Lipinski definition) is 2. The lowest BCUT2D eigenvalue weighted by Crippen LogP contribution is -2.46. The Morgan fingerprint density at radius 2 is 2.25 bits per heavy atom. The minimum atomic E-state index is 0.149. The Labute approximate surface area is 125 Å². The van der Waals surface area contributed by atoms with E-state index in [2.05, 4.69) is 29.9 Å². The first-order valence-electron chi connectivity index (χ1n) is 7.77. The molecule has 2 aliphatic rings. The number of thiophene rings is 1. The zero-order chi connectivity index (χ0) is 14.1. The maximum atomic E-state index is 12.5. The Balaban J connectivity index is 1.68. The number of carbonyl (C=O) groups excluding carboxylic acids is 1. The van der Waals surface area contributed by atoms with Crippen LogP contribution in [0, 0.1) is 5.92 Å². The normalized spacial score (nSPS) is 29.8. The van der Waals surface area contributed by atoms with E-state index in [1.54, 1.807) is 11.3 Å². The number of nitrogens with one attached hydrogen (secondary N) is 2. The van der Waals surface area contributed by atoms with Gasteiger partial charge in [-0.05, 0) is 57.1 Å². The summed E-state index contributed by atoms with van der Waals surface area (Å²) in [5.41, 5.74) is 2.27. The number of fused-ring (bicyclic) bond motifs is 1. The molecule has 1 aromatic rings. The van der Waals surface area contributed by atoms with Gasteiger partial charge in [0.2, 0.25) is 0 Å². The predicted molar refractivity (Wildman–Crippen MR) is 83.5 cm³/mol. The van der Waals surface area contributed by atoms with Crippen molar-refractivity contribution in [1.29, 1.82) is 0 Å². The second-order valence-electron chi connectivity index (χ2n) is 6.45. The van der Waals surface area contributed by atoms with Gasteiger partial charge < -0.3 is 10.6 Å². The molecule has 3 rings (SSSR count). The van der Waals surface area contributed by atoms with Gasteiger partial charge in [0, 0.05) is 22.3 Å². The van der Waals surface area contributed by atoms with E-state index < -0.39 is 0 Å². The van der Waals surface area contributed by atoms with Crippen molar-refractivity contribution in [2.24, 2.45) is 5.92 Å². The van der Waals surface area contributed by atoms with Crippen molar-refractivity contribution in [3.63, 3.8) is 0 Å². The number of rotatable bonds is 2. The van der Waals surface area contributed by atoms with E-state index in [1.165, 1.54) is 16.9 Å².